The number of amides is 1. The number of piperidine rings is 1. The molecule has 5 rings (SSSR count). The molecular formula is C25H23ClN2O4S2. The van der Waals surface area contributed by atoms with Crippen LogP contribution in [0.1, 0.15) is 23.8 Å². The molecule has 0 spiro atoms. The summed E-state index contributed by atoms with van der Waals surface area (Å²) in [6.45, 7) is 0.558. The zero-order valence-electron chi connectivity index (χ0n) is 18.2. The van der Waals surface area contributed by atoms with Crippen molar-refractivity contribution in [3.8, 4) is 5.75 Å². The van der Waals surface area contributed by atoms with Gasteiger partial charge in [0.2, 0.25) is 15.9 Å². The number of anilines is 1. The summed E-state index contributed by atoms with van der Waals surface area (Å²) in [6, 6.07) is 22.0. The van der Waals surface area contributed by atoms with E-state index in [1.807, 2.05) is 48.5 Å². The minimum atomic E-state index is -3.68. The first kappa shape index (κ1) is 23.2. The summed E-state index contributed by atoms with van der Waals surface area (Å²) >= 11 is 7.76. The predicted octanol–water partition coefficient (Wildman–Crippen LogP) is 5.56. The number of nitrogens with one attached hydrogen (secondary N) is 1. The average molecular weight is 515 g/mol. The van der Waals surface area contributed by atoms with Gasteiger partial charge in [0, 0.05) is 30.3 Å². The molecule has 1 fully saturated rings. The van der Waals surface area contributed by atoms with Crippen LogP contribution in [0.5, 0.6) is 5.75 Å². The summed E-state index contributed by atoms with van der Waals surface area (Å²) in [5, 5.41) is 3.17. The molecule has 3 aromatic rings. The van der Waals surface area contributed by atoms with E-state index in [-0.39, 0.29) is 40.3 Å². The van der Waals surface area contributed by atoms with Crippen LogP contribution in [0.3, 0.4) is 0 Å². The molecule has 176 valence electrons. The Morgan fingerprint density at radius 1 is 0.971 bits per heavy atom. The van der Waals surface area contributed by atoms with Crippen molar-refractivity contribution < 1.29 is 17.9 Å². The maximum absolute atomic E-state index is 12.9. The first-order chi connectivity index (χ1) is 16.4. The van der Waals surface area contributed by atoms with E-state index in [1.165, 1.54) is 10.4 Å². The fourth-order valence-electron chi connectivity index (χ4n) is 4.15. The maximum atomic E-state index is 12.9. The van der Waals surface area contributed by atoms with Gasteiger partial charge < -0.3 is 10.1 Å². The van der Waals surface area contributed by atoms with Crippen molar-refractivity contribution in [2.24, 2.45) is 5.92 Å². The quantitative estimate of drug-likeness (QED) is 0.482. The number of para-hydroxylation sites is 1. The molecule has 1 unspecified atom stereocenters. The summed E-state index contributed by atoms with van der Waals surface area (Å²) in [5.74, 6) is 0.541. The van der Waals surface area contributed by atoms with Gasteiger partial charge in [0.1, 0.15) is 10.6 Å². The van der Waals surface area contributed by atoms with Gasteiger partial charge in [0.05, 0.1) is 9.92 Å². The van der Waals surface area contributed by atoms with Crippen LogP contribution >= 0.6 is 23.4 Å². The Hall–Kier alpha value is -2.52. The van der Waals surface area contributed by atoms with E-state index >= 15 is 0 Å². The van der Waals surface area contributed by atoms with Gasteiger partial charge in [-0.25, -0.2) is 8.42 Å². The SMILES string of the molecule is O=C(Nc1ccc(C2Oc3ccccc3S2)cc1)C1CCN(S(=O)(=O)c2ccccc2Cl)CC1. The molecule has 9 heteroatoms. The summed E-state index contributed by atoms with van der Waals surface area (Å²) in [4.78, 5) is 14.0. The molecule has 34 heavy (non-hydrogen) atoms. The largest absolute Gasteiger partial charge is 0.473 e. The average Bonchev–Trinajstić information content (AvgIpc) is 3.29. The van der Waals surface area contributed by atoms with Gasteiger partial charge in [-0.3, -0.25) is 4.79 Å². The third-order valence-corrected chi connectivity index (χ3v) is 9.62. The standard InChI is InChI=1S/C25H23ClN2O4S2/c26-20-5-1-4-8-23(20)34(30,31)28-15-13-17(14-16-28)24(29)27-19-11-9-18(10-12-19)25-32-21-6-2-3-7-22(21)33-25/h1-12,17,25H,13-16H2,(H,27,29). The van der Waals surface area contributed by atoms with E-state index < -0.39 is 10.0 Å². The van der Waals surface area contributed by atoms with Gasteiger partial charge in [-0.05, 0) is 49.2 Å². The number of nitrogens with zero attached hydrogens (tertiary/aromatic N) is 1. The number of sulfonamides is 1. The lowest BCUT2D eigenvalue weighted by molar-refractivity contribution is -0.120. The van der Waals surface area contributed by atoms with E-state index in [1.54, 1.807) is 30.0 Å². The zero-order chi connectivity index (χ0) is 23.7. The lowest BCUT2D eigenvalue weighted by atomic mass is 9.97. The van der Waals surface area contributed by atoms with Crippen LogP contribution in [-0.4, -0.2) is 31.7 Å². The number of hydrogen-bond donors (Lipinski definition) is 1. The monoisotopic (exact) mass is 514 g/mol. The van der Waals surface area contributed by atoms with Crippen LogP contribution in [0.15, 0.2) is 82.6 Å². The molecule has 0 radical (unpaired) electrons. The molecule has 1 amide bonds. The van der Waals surface area contributed by atoms with E-state index in [9.17, 15) is 13.2 Å². The van der Waals surface area contributed by atoms with Gasteiger partial charge in [0.25, 0.3) is 0 Å². The van der Waals surface area contributed by atoms with Gasteiger partial charge in [0.15, 0.2) is 5.44 Å². The second-order valence-corrected chi connectivity index (χ2v) is 11.7. The van der Waals surface area contributed by atoms with Crippen LogP contribution in [0, 0.1) is 5.92 Å². The normalized spacial score (nSPS) is 18.8. The molecule has 6 nitrogen and oxygen atoms in total. The lowest BCUT2D eigenvalue weighted by Crippen LogP contribution is -2.41. The first-order valence-corrected chi connectivity index (χ1v) is 13.7. The lowest BCUT2D eigenvalue weighted by Gasteiger charge is -2.30. The number of thioether (sulfide) groups is 1. The van der Waals surface area contributed by atoms with Crippen molar-refractivity contribution in [1.82, 2.24) is 4.31 Å². The van der Waals surface area contributed by atoms with Crippen molar-refractivity contribution in [2.45, 2.75) is 28.1 Å². The van der Waals surface area contributed by atoms with Crippen LogP contribution in [0.25, 0.3) is 0 Å². The van der Waals surface area contributed by atoms with Crippen molar-refractivity contribution >= 4 is 45.0 Å². The number of carbonyl (C=O) groups is 1. The van der Waals surface area contributed by atoms with E-state index in [0.717, 1.165) is 16.2 Å². The molecule has 1 saturated heterocycles. The highest BCUT2D eigenvalue weighted by atomic mass is 35.5. The Kier molecular flexibility index (Phi) is 6.57. The maximum Gasteiger partial charge on any atom is 0.244 e. The smallest absolute Gasteiger partial charge is 0.244 e. The third kappa shape index (κ3) is 4.68. The number of fused-ring (bicyclic) bond motifs is 1. The molecule has 2 aliphatic rings. The minimum Gasteiger partial charge on any atom is -0.473 e. The van der Waals surface area contributed by atoms with Crippen molar-refractivity contribution in [2.75, 3.05) is 18.4 Å². The minimum absolute atomic E-state index is 0.0959. The summed E-state index contributed by atoms with van der Waals surface area (Å²) in [5.41, 5.74) is 1.63. The summed E-state index contributed by atoms with van der Waals surface area (Å²) < 4.78 is 33.2. The number of benzene rings is 3. The molecule has 0 aromatic heterocycles. The van der Waals surface area contributed by atoms with Gasteiger partial charge >= 0.3 is 0 Å². The second kappa shape index (κ2) is 9.62. The molecule has 3 aromatic carbocycles. The van der Waals surface area contributed by atoms with Gasteiger partial charge in [-0.1, -0.05) is 59.8 Å². The van der Waals surface area contributed by atoms with Crippen molar-refractivity contribution in [3.05, 3.63) is 83.4 Å². The molecule has 1 atom stereocenters. The van der Waals surface area contributed by atoms with Crippen LogP contribution in [0.2, 0.25) is 5.02 Å². The Morgan fingerprint density at radius 2 is 1.65 bits per heavy atom. The van der Waals surface area contributed by atoms with Gasteiger partial charge in [-0.15, -0.1) is 0 Å². The summed E-state index contributed by atoms with van der Waals surface area (Å²) in [6.07, 6.45) is 0.914. The van der Waals surface area contributed by atoms with Crippen molar-refractivity contribution in [3.63, 3.8) is 0 Å². The fraction of sp³-hybridized carbons (Fsp3) is 0.240. The van der Waals surface area contributed by atoms with E-state index in [0.29, 0.717) is 18.5 Å². The Balaban J connectivity index is 1.17. The number of rotatable bonds is 5. The predicted molar refractivity (Wildman–Crippen MR) is 134 cm³/mol. The zero-order valence-corrected chi connectivity index (χ0v) is 20.6. The molecule has 2 heterocycles. The highest BCUT2D eigenvalue weighted by Gasteiger charge is 2.33. The Bertz CT molecular complexity index is 1280. The number of hydrogen-bond acceptors (Lipinski definition) is 5. The molecule has 2 aliphatic heterocycles. The highest BCUT2D eigenvalue weighted by Crippen LogP contribution is 2.48. The topological polar surface area (TPSA) is 75.7 Å². The third-order valence-electron chi connectivity index (χ3n) is 6.05. The first-order valence-electron chi connectivity index (χ1n) is 11.0. The van der Waals surface area contributed by atoms with Crippen LogP contribution in [-0.2, 0) is 14.8 Å². The van der Waals surface area contributed by atoms with Crippen LogP contribution in [0.4, 0.5) is 5.69 Å². The molecule has 0 aliphatic carbocycles. The number of ether oxygens (including phenoxy) is 1. The molecule has 1 N–H and O–H groups in total. The van der Waals surface area contributed by atoms with Crippen LogP contribution < -0.4 is 10.1 Å². The Morgan fingerprint density at radius 3 is 2.35 bits per heavy atom. The fourth-order valence-corrected chi connectivity index (χ4v) is 7.18. The second-order valence-electron chi connectivity index (χ2n) is 8.23. The molecule has 0 saturated carbocycles. The van der Waals surface area contributed by atoms with E-state index in [4.69, 9.17) is 16.3 Å². The van der Waals surface area contributed by atoms with Gasteiger partial charge in [-0.2, -0.15) is 4.31 Å². The van der Waals surface area contributed by atoms with E-state index in [2.05, 4.69) is 5.32 Å². The highest BCUT2D eigenvalue weighted by molar-refractivity contribution is 7.99. The Labute approximate surface area is 208 Å². The number of halogens is 1. The number of carbonyl (C=O) groups excluding carboxylic acids is 1. The molecular weight excluding hydrogens is 492 g/mol. The van der Waals surface area contributed by atoms with Crippen molar-refractivity contribution in [1.29, 1.82) is 0 Å². The summed E-state index contributed by atoms with van der Waals surface area (Å²) in [7, 11) is -3.68. The molecule has 0 bridgehead atoms.